The van der Waals surface area contributed by atoms with Crippen LogP contribution in [0.2, 0.25) is 0 Å². The van der Waals surface area contributed by atoms with Crippen LogP contribution in [0.3, 0.4) is 0 Å². The van der Waals surface area contributed by atoms with Crippen molar-refractivity contribution >= 4 is 0 Å². The maximum atomic E-state index is 4.49. The van der Waals surface area contributed by atoms with Crippen molar-refractivity contribution in [3.8, 4) is 0 Å². The monoisotopic (exact) mass is 375 g/mol. The zero-order chi connectivity index (χ0) is 18.8. The van der Waals surface area contributed by atoms with Crippen LogP contribution in [0, 0.1) is 5.41 Å². The molecule has 1 aromatic heterocycles. The second-order valence-electron chi connectivity index (χ2n) is 9.39. The van der Waals surface area contributed by atoms with Crippen molar-refractivity contribution in [1.82, 2.24) is 14.8 Å². The highest BCUT2D eigenvalue weighted by Gasteiger charge is 2.45. The van der Waals surface area contributed by atoms with Crippen molar-refractivity contribution in [2.75, 3.05) is 32.7 Å². The highest BCUT2D eigenvalue weighted by molar-refractivity contribution is 5.22. The van der Waals surface area contributed by atoms with Gasteiger partial charge in [-0.25, -0.2) is 0 Å². The van der Waals surface area contributed by atoms with Gasteiger partial charge in [0.15, 0.2) is 0 Å². The minimum atomic E-state index is 0.531. The summed E-state index contributed by atoms with van der Waals surface area (Å²) in [5, 5.41) is 0. The molecule has 1 aliphatic carbocycles. The number of hydrogen-bond acceptors (Lipinski definition) is 3. The maximum Gasteiger partial charge on any atom is 0.0416 e. The van der Waals surface area contributed by atoms with Gasteiger partial charge in [0, 0.05) is 44.0 Å². The quantitative estimate of drug-likeness (QED) is 0.774. The third kappa shape index (κ3) is 4.16. The molecule has 0 bridgehead atoms. The molecule has 0 N–H and O–H groups in total. The minimum absolute atomic E-state index is 0.531. The van der Waals surface area contributed by atoms with Crippen LogP contribution in [-0.2, 0) is 6.42 Å². The summed E-state index contributed by atoms with van der Waals surface area (Å²) in [6.07, 6.45) is 9.95. The molecule has 2 aromatic rings. The van der Waals surface area contributed by atoms with Crippen LogP contribution in [0.15, 0.2) is 54.7 Å². The van der Waals surface area contributed by atoms with Crippen molar-refractivity contribution in [2.45, 2.75) is 50.5 Å². The molecule has 1 spiro atoms. The number of likely N-dealkylation sites (tertiary alicyclic amines) is 2. The Morgan fingerprint density at radius 1 is 0.964 bits per heavy atom. The lowest BCUT2D eigenvalue weighted by Crippen LogP contribution is -2.52. The Labute approximate surface area is 169 Å². The second-order valence-corrected chi connectivity index (χ2v) is 9.39. The number of aromatic nitrogens is 1. The molecule has 3 heteroatoms. The van der Waals surface area contributed by atoms with E-state index in [0.717, 1.165) is 24.9 Å². The number of benzene rings is 1. The molecular formula is C25H33N3. The van der Waals surface area contributed by atoms with E-state index in [2.05, 4.69) is 57.2 Å². The number of pyridine rings is 1. The van der Waals surface area contributed by atoms with Crippen LogP contribution in [0.5, 0.6) is 0 Å². The Morgan fingerprint density at radius 3 is 2.46 bits per heavy atom. The number of hydrogen-bond donors (Lipinski definition) is 0. The molecule has 1 aromatic carbocycles. The molecule has 0 amide bonds. The van der Waals surface area contributed by atoms with E-state index in [9.17, 15) is 0 Å². The molecule has 3 nitrogen and oxygen atoms in total. The molecule has 3 heterocycles. The smallest absolute Gasteiger partial charge is 0.0416 e. The summed E-state index contributed by atoms with van der Waals surface area (Å²) in [5.74, 6) is 0.718. The van der Waals surface area contributed by atoms with Gasteiger partial charge < -0.3 is 4.90 Å². The fraction of sp³-hybridized carbons (Fsp3) is 0.560. The van der Waals surface area contributed by atoms with Crippen molar-refractivity contribution in [3.05, 3.63) is 66.0 Å². The molecule has 5 rings (SSSR count). The van der Waals surface area contributed by atoms with E-state index < -0.39 is 0 Å². The maximum absolute atomic E-state index is 4.49. The summed E-state index contributed by atoms with van der Waals surface area (Å²) >= 11 is 0. The highest BCUT2D eigenvalue weighted by atomic mass is 15.2. The highest BCUT2D eigenvalue weighted by Crippen LogP contribution is 2.47. The van der Waals surface area contributed by atoms with E-state index >= 15 is 0 Å². The summed E-state index contributed by atoms with van der Waals surface area (Å²) in [4.78, 5) is 10.0. The molecule has 1 saturated carbocycles. The molecule has 148 valence electrons. The first-order chi connectivity index (χ1) is 13.8. The number of rotatable bonds is 5. The van der Waals surface area contributed by atoms with Crippen LogP contribution in [-0.4, -0.2) is 53.5 Å². The average Bonchev–Trinajstić information content (AvgIpc) is 3.60. The van der Waals surface area contributed by atoms with E-state index in [1.54, 1.807) is 5.56 Å². The zero-order valence-corrected chi connectivity index (χ0v) is 17.0. The SMILES string of the molecule is c1ccc([C@@H]2CN(C3CC3)CC3(CCN(CCc4ccccn4)CC3)C2)cc1. The van der Waals surface area contributed by atoms with Gasteiger partial charge in [-0.15, -0.1) is 0 Å². The van der Waals surface area contributed by atoms with E-state index in [1.807, 2.05) is 12.3 Å². The van der Waals surface area contributed by atoms with Gasteiger partial charge in [0.1, 0.15) is 0 Å². The van der Waals surface area contributed by atoms with Crippen molar-refractivity contribution < 1.29 is 0 Å². The average molecular weight is 376 g/mol. The van der Waals surface area contributed by atoms with Crippen LogP contribution >= 0.6 is 0 Å². The summed E-state index contributed by atoms with van der Waals surface area (Å²) in [6, 6.07) is 18.5. The lowest BCUT2D eigenvalue weighted by Gasteiger charge is -2.50. The zero-order valence-electron chi connectivity index (χ0n) is 17.0. The Bertz CT molecular complexity index is 748. The van der Waals surface area contributed by atoms with Gasteiger partial charge in [0.05, 0.1) is 0 Å². The summed E-state index contributed by atoms with van der Waals surface area (Å²) in [5.41, 5.74) is 3.32. The molecule has 0 unspecified atom stereocenters. The predicted molar refractivity (Wildman–Crippen MR) is 114 cm³/mol. The van der Waals surface area contributed by atoms with Crippen LogP contribution in [0.1, 0.15) is 49.3 Å². The van der Waals surface area contributed by atoms with E-state index in [4.69, 9.17) is 0 Å². The molecule has 3 fully saturated rings. The van der Waals surface area contributed by atoms with Crippen LogP contribution in [0.25, 0.3) is 0 Å². The number of piperidine rings is 2. The van der Waals surface area contributed by atoms with Crippen LogP contribution < -0.4 is 0 Å². The topological polar surface area (TPSA) is 19.4 Å². The van der Waals surface area contributed by atoms with E-state index in [1.165, 1.54) is 64.0 Å². The molecule has 2 saturated heterocycles. The third-order valence-electron chi connectivity index (χ3n) is 7.33. The van der Waals surface area contributed by atoms with Gasteiger partial charge in [-0.1, -0.05) is 36.4 Å². The molecular weight excluding hydrogens is 342 g/mol. The summed E-state index contributed by atoms with van der Waals surface area (Å²) < 4.78 is 0. The van der Waals surface area contributed by atoms with Gasteiger partial charge in [0.25, 0.3) is 0 Å². The lowest BCUT2D eigenvalue weighted by atomic mass is 9.68. The van der Waals surface area contributed by atoms with Crippen molar-refractivity contribution in [3.63, 3.8) is 0 Å². The molecule has 28 heavy (non-hydrogen) atoms. The second kappa shape index (κ2) is 7.96. The van der Waals surface area contributed by atoms with Gasteiger partial charge in [-0.05, 0) is 74.2 Å². The third-order valence-corrected chi connectivity index (χ3v) is 7.33. The lowest BCUT2D eigenvalue weighted by molar-refractivity contribution is 0.0105. The summed E-state index contributed by atoms with van der Waals surface area (Å²) in [6.45, 7) is 6.29. The molecule has 0 radical (unpaired) electrons. The normalized spacial score (nSPS) is 25.8. The minimum Gasteiger partial charge on any atom is -0.303 e. The van der Waals surface area contributed by atoms with Crippen LogP contribution in [0.4, 0.5) is 0 Å². The van der Waals surface area contributed by atoms with Gasteiger partial charge in [-0.2, -0.15) is 0 Å². The fourth-order valence-electron chi connectivity index (χ4n) is 5.53. The molecule has 2 aliphatic heterocycles. The van der Waals surface area contributed by atoms with Gasteiger partial charge >= 0.3 is 0 Å². The van der Waals surface area contributed by atoms with E-state index in [0.29, 0.717) is 5.41 Å². The Kier molecular flexibility index (Phi) is 5.21. The first kappa shape index (κ1) is 18.3. The molecule has 1 atom stereocenters. The Balaban J connectivity index is 1.23. The first-order valence-electron chi connectivity index (χ1n) is 11.2. The van der Waals surface area contributed by atoms with Gasteiger partial charge in [-0.3, -0.25) is 9.88 Å². The van der Waals surface area contributed by atoms with Crippen molar-refractivity contribution in [2.24, 2.45) is 5.41 Å². The Morgan fingerprint density at radius 2 is 1.75 bits per heavy atom. The number of nitrogens with zero attached hydrogens (tertiary/aromatic N) is 3. The van der Waals surface area contributed by atoms with Crippen molar-refractivity contribution in [1.29, 1.82) is 0 Å². The predicted octanol–water partition coefficient (Wildman–Crippen LogP) is 4.36. The standard InChI is InChI=1S/C25H33N3/c1-2-6-21(7-3-1)22-18-25(20-28(19-22)24-9-10-24)12-16-27(17-13-25)15-11-23-8-4-5-14-26-23/h1-8,14,22,24H,9-13,15-20H2/t22-/m0/s1. The fourth-order valence-corrected chi connectivity index (χ4v) is 5.53. The molecule has 3 aliphatic rings. The largest absolute Gasteiger partial charge is 0.303 e. The first-order valence-corrected chi connectivity index (χ1v) is 11.2. The summed E-state index contributed by atoms with van der Waals surface area (Å²) in [7, 11) is 0. The van der Waals surface area contributed by atoms with E-state index in [-0.39, 0.29) is 0 Å². The Hall–Kier alpha value is -1.71. The van der Waals surface area contributed by atoms with Gasteiger partial charge in [0.2, 0.25) is 0 Å².